The summed E-state index contributed by atoms with van der Waals surface area (Å²) in [5, 5.41) is 18.2. The lowest BCUT2D eigenvalue weighted by Gasteiger charge is -2.25. The van der Waals surface area contributed by atoms with E-state index in [2.05, 4.69) is 0 Å². The van der Waals surface area contributed by atoms with E-state index in [1.54, 1.807) is 0 Å². The second-order valence-electron chi connectivity index (χ2n) is 3.75. The number of aliphatic hydroxyl groups is 2. The van der Waals surface area contributed by atoms with E-state index in [0.717, 1.165) is 17.8 Å². The minimum atomic E-state index is -0.700. The summed E-state index contributed by atoms with van der Waals surface area (Å²) in [5.74, 6) is 0. The van der Waals surface area contributed by atoms with Crippen molar-refractivity contribution in [1.82, 2.24) is 0 Å². The summed E-state index contributed by atoms with van der Waals surface area (Å²) in [7, 11) is 0. The number of rotatable bonds is 6. The molecule has 0 radical (unpaired) electrons. The molecular weight excluding hydrogens is 204 g/mol. The van der Waals surface area contributed by atoms with Crippen LogP contribution in [0.3, 0.4) is 0 Å². The van der Waals surface area contributed by atoms with E-state index in [1.807, 2.05) is 36.1 Å². The molecule has 1 atom stereocenters. The number of nitrogens with zero attached hydrogens (tertiary/aromatic N) is 1. The summed E-state index contributed by atoms with van der Waals surface area (Å²) in [6.07, 6.45) is -0.700. The van der Waals surface area contributed by atoms with Gasteiger partial charge in [0, 0.05) is 25.3 Å². The number of anilines is 1. The van der Waals surface area contributed by atoms with Crippen molar-refractivity contribution in [3.05, 3.63) is 29.8 Å². The molecule has 0 saturated carbocycles. The number of aliphatic hydroxyl groups excluding tert-OH is 2. The molecule has 1 aromatic rings. The lowest BCUT2D eigenvalue weighted by Crippen LogP contribution is -2.34. The topological polar surface area (TPSA) is 69.7 Å². The summed E-state index contributed by atoms with van der Waals surface area (Å²) < 4.78 is 0. The van der Waals surface area contributed by atoms with Gasteiger partial charge in [-0.05, 0) is 24.6 Å². The Kier molecular flexibility index (Phi) is 5.25. The molecule has 16 heavy (non-hydrogen) atoms. The fourth-order valence-electron chi connectivity index (χ4n) is 1.57. The first-order chi connectivity index (χ1) is 7.71. The molecule has 0 aliphatic rings. The highest BCUT2D eigenvalue weighted by molar-refractivity contribution is 5.47. The second-order valence-corrected chi connectivity index (χ2v) is 3.75. The second kappa shape index (κ2) is 6.48. The smallest absolute Gasteiger partial charge is 0.0945 e. The number of hydrogen-bond acceptors (Lipinski definition) is 4. The zero-order chi connectivity index (χ0) is 12.0. The van der Waals surface area contributed by atoms with Gasteiger partial charge in [0.25, 0.3) is 0 Å². The van der Waals surface area contributed by atoms with Crippen LogP contribution in [0.2, 0.25) is 0 Å². The van der Waals surface area contributed by atoms with Crippen molar-refractivity contribution in [1.29, 1.82) is 0 Å². The first kappa shape index (κ1) is 13.0. The maximum Gasteiger partial charge on any atom is 0.0945 e. The number of likely N-dealkylation sites (N-methyl/N-ethyl adjacent to an activating group) is 1. The Morgan fingerprint density at radius 2 is 1.94 bits per heavy atom. The van der Waals surface area contributed by atoms with E-state index in [-0.39, 0.29) is 6.61 Å². The van der Waals surface area contributed by atoms with Crippen molar-refractivity contribution in [3.63, 3.8) is 0 Å². The van der Waals surface area contributed by atoms with Crippen molar-refractivity contribution < 1.29 is 10.2 Å². The Morgan fingerprint density at radius 3 is 2.38 bits per heavy atom. The van der Waals surface area contributed by atoms with Gasteiger partial charge in [0.1, 0.15) is 0 Å². The first-order valence-corrected chi connectivity index (χ1v) is 5.54. The van der Waals surface area contributed by atoms with Crippen LogP contribution in [0.15, 0.2) is 24.3 Å². The van der Waals surface area contributed by atoms with Crippen molar-refractivity contribution in [2.45, 2.75) is 19.6 Å². The third kappa shape index (κ3) is 3.48. The van der Waals surface area contributed by atoms with Gasteiger partial charge in [0.05, 0.1) is 12.7 Å². The largest absolute Gasteiger partial charge is 0.394 e. The lowest BCUT2D eigenvalue weighted by atomic mass is 10.2. The molecule has 0 amide bonds. The molecule has 0 bridgehead atoms. The highest BCUT2D eigenvalue weighted by Gasteiger charge is 2.09. The fraction of sp³-hybridized carbons (Fsp3) is 0.500. The van der Waals surface area contributed by atoms with Gasteiger partial charge in [-0.3, -0.25) is 0 Å². The van der Waals surface area contributed by atoms with Gasteiger partial charge < -0.3 is 20.8 Å². The molecule has 1 unspecified atom stereocenters. The molecule has 0 aromatic heterocycles. The van der Waals surface area contributed by atoms with Gasteiger partial charge in [-0.25, -0.2) is 0 Å². The zero-order valence-corrected chi connectivity index (χ0v) is 9.63. The van der Waals surface area contributed by atoms with Crippen LogP contribution in [0, 0.1) is 0 Å². The molecule has 0 saturated heterocycles. The monoisotopic (exact) mass is 224 g/mol. The summed E-state index contributed by atoms with van der Waals surface area (Å²) >= 11 is 0. The highest BCUT2D eigenvalue weighted by atomic mass is 16.3. The van der Waals surface area contributed by atoms with Crippen LogP contribution < -0.4 is 10.6 Å². The minimum absolute atomic E-state index is 0.211. The van der Waals surface area contributed by atoms with Gasteiger partial charge in [-0.2, -0.15) is 0 Å². The Bertz CT molecular complexity index is 300. The molecule has 0 aliphatic heterocycles. The predicted molar refractivity (Wildman–Crippen MR) is 65.3 cm³/mol. The predicted octanol–water partition coefficient (Wildman–Crippen LogP) is 0.325. The van der Waals surface area contributed by atoms with Crippen LogP contribution in [0.25, 0.3) is 0 Å². The zero-order valence-electron chi connectivity index (χ0n) is 9.63. The van der Waals surface area contributed by atoms with Crippen LogP contribution in [-0.4, -0.2) is 36.0 Å². The molecule has 1 rings (SSSR count). The third-order valence-corrected chi connectivity index (χ3v) is 2.56. The van der Waals surface area contributed by atoms with Crippen LogP contribution in [0.5, 0.6) is 0 Å². The molecule has 4 nitrogen and oxygen atoms in total. The summed E-state index contributed by atoms with van der Waals surface area (Å²) in [4.78, 5) is 2.02. The Morgan fingerprint density at radius 1 is 1.31 bits per heavy atom. The first-order valence-electron chi connectivity index (χ1n) is 5.54. The van der Waals surface area contributed by atoms with Crippen molar-refractivity contribution >= 4 is 5.69 Å². The molecule has 4 heteroatoms. The molecular formula is C12H20N2O2. The molecule has 0 aliphatic carbocycles. The highest BCUT2D eigenvalue weighted by Crippen LogP contribution is 2.15. The molecule has 0 fully saturated rings. The van der Waals surface area contributed by atoms with E-state index >= 15 is 0 Å². The molecule has 4 N–H and O–H groups in total. The summed E-state index contributed by atoms with van der Waals surface area (Å²) in [5.41, 5.74) is 7.64. The van der Waals surface area contributed by atoms with Gasteiger partial charge in [-0.1, -0.05) is 12.1 Å². The normalized spacial score (nSPS) is 12.5. The van der Waals surface area contributed by atoms with Gasteiger partial charge >= 0.3 is 0 Å². The average molecular weight is 224 g/mol. The molecule has 0 spiro atoms. The van der Waals surface area contributed by atoms with Crippen LogP contribution in [0.1, 0.15) is 12.5 Å². The lowest BCUT2D eigenvalue weighted by molar-refractivity contribution is 0.100. The maximum atomic E-state index is 9.41. The molecule has 1 aromatic carbocycles. The molecule has 90 valence electrons. The van der Waals surface area contributed by atoms with Crippen LogP contribution in [0.4, 0.5) is 5.69 Å². The third-order valence-electron chi connectivity index (χ3n) is 2.56. The number of hydrogen-bond donors (Lipinski definition) is 3. The van der Waals surface area contributed by atoms with Crippen LogP contribution >= 0.6 is 0 Å². The standard InChI is InChI=1S/C12H20N2O2/c1-2-14(8-12(16)9-15)11-5-3-10(7-13)4-6-11/h3-6,12,15-16H,2,7-9,13H2,1H3. The van der Waals surface area contributed by atoms with E-state index in [4.69, 9.17) is 10.8 Å². The summed E-state index contributed by atoms with van der Waals surface area (Å²) in [6.45, 7) is 3.57. The molecule has 0 heterocycles. The van der Waals surface area contributed by atoms with Gasteiger partial charge in [0.15, 0.2) is 0 Å². The van der Waals surface area contributed by atoms with Crippen molar-refractivity contribution in [2.75, 3.05) is 24.6 Å². The maximum absolute atomic E-state index is 9.41. The number of nitrogens with two attached hydrogens (primary N) is 1. The number of benzene rings is 1. The summed E-state index contributed by atoms with van der Waals surface area (Å²) in [6, 6.07) is 7.91. The van der Waals surface area contributed by atoms with Gasteiger partial charge in [0.2, 0.25) is 0 Å². The minimum Gasteiger partial charge on any atom is -0.394 e. The van der Waals surface area contributed by atoms with E-state index in [1.165, 1.54) is 0 Å². The quantitative estimate of drug-likeness (QED) is 0.651. The van der Waals surface area contributed by atoms with E-state index in [0.29, 0.717) is 13.1 Å². The van der Waals surface area contributed by atoms with Crippen LogP contribution in [-0.2, 0) is 6.54 Å². The van der Waals surface area contributed by atoms with Gasteiger partial charge in [-0.15, -0.1) is 0 Å². The average Bonchev–Trinajstić information content (AvgIpc) is 2.35. The Balaban J connectivity index is 2.70. The van der Waals surface area contributed by atoms with E-state index < -0.39 is 6.10 Å². The fourth-order valence-corrected chi connectivity index (χ4v) is 1.57. The Labute approximate surface area is 96.3 Å². The van der Waals surface area contributed by atoms with Crippen molar-refractivity contribution in [3.8, 4) is 0 Å². The Hall–Kier alpha value is -1.10. The SMILES string of the molecule is CCN(CC(O)CO)c1ccc(CN)cc1. The van der Waals surface area contributed by atoms with Crippen molar-refractivity contribution in [2.24, 2.45) is 5.73 Å². The van der Waals surface area contributed by atoms with E-state index in [9.17, 15) is 5.11 Å².